The Balaban J connectivity index is 1.66. The van der Waals surface area contributed by atoms with Crippen molar-refractivity contribution in [1.29, 1.82) is 0 Å². The molecule has 0 unspecified atom stereocenters. The number of aromatic hydroxyl groups is 1. The molecule has 4 rings (SSSR count). The highest BCUT2D eigenvalue weighted by atomic mass is 32.2. The lowest BCUT2D eigenvalue weighted by Crippen LogP contribution is -2.15. The summed E-state index contributed by atoms with van der Waals surface area (Å²) >= 11 is 1.26. The number of carbonyl (C=O) groups is 1. The molecule has 1 heterocycles. The number of hydrogen-bond acceptors (Lipinski definition) is 6. The van der Waals surface area contributed by atoms with Crippen molar-refractivity contribution in [3.63, 3.8) is 0 Å². The largest absolute Gasteiger partial charge is 0.507 e. The van der Waals surface area contributed by atoms with E-state index in [1.807, 2.05) is 54.6 Å². The Morgan fingerprint density at radius 1 is 1.03 bits per heavy atom. The van der Waals surface area contributed by atoms with Crippen LogP contribution in [-0.2, 0) is 11.2 Å². The third kappa shape index (κ3) is 4.85. The summed E-state index contributed by atoms with van der Waals surface area (Å²) in [5, 5.41) is 22.6. The van der Waals surface area contributed by atoms with Gasteiger partial charge in [0.05, 0.1) is 24.1 Å². The molecule has 0 aliphatic heterocycles. The molecule has 0 bridgehead atoms. The molecule has 2 N–H and O–H groups in total. The van der Waals surface area contributed by atoms with Gasteiger partial charge in [-0.1, -0.05) is 61.2 Å². The number of carbonyl (C=O) groups excluding carboxylic acids is 1. The highest BCUT2D eigenvalue weighted by Crippen LogP contribution is 2.35. The summed E-state index contributed by atoms with van der Waals surface area (Å²) in [4.78, 5) is 12.7. The van der Waals surface area contributed by atoms with Gasteiger partial charge in [0.2, 0.25) is 5.91 Å². The number of aryl methyl sites for hydroxylation is 1. The lowest BCUT2D eigenvalue weighted by Gasteiger charge is -2.14. The zero-order valence-electron chi connectivity index (χ0n) is 18.4. The standard InChI is InChI=1S/C25H24N4O3S/c1-3-17-10-4-6-12-19(17)26-23(31)16-33-25-28-27-24(18-11-5-8-14-21(18)30)29(25)20-13-7-9-15-22(20)32-2/h4-15,30H,3,16H2,1-2H3,(H,26,31). The van der Waals surface area contributed by atoms with E-state index in [-0.39, 0.29) is 17.4 Å². The van der Waals surface area contributed by atoms with E-state index in [2.05, 4.69) is 22.4 Å². The summed E-state index contributed by atoms with van der Waals surface area (Å²) in [5.41, 5.74) is 3.13. The van der Waals surface area contributed by atoms with Crippen LogP contribution in [0.1, 0.15) is 12.5 Å². The van der Waals surface area contributed by atoms with E-state index in [1.165, 1.54) is 11.8 Å². The number of para-hydroxylation sites is 4. The van der Waals surface area contributed by atoms with Gasteiger partial charge in [-0.15, -0.1) is 10.2 Å². The van der Waals surface area contributed by atoms with Crippen molar-refractivity contribution < 1.29 is 14.6 Å². The maximum absolute atomic E-state index is 12.7. The Bertz CT molecular complexity index is 1270. The van der Waals surface area contributed by atoms with Crippen molar-refractivity contribution in [3.8, 4) is 28.6 Å². The van der Waals surface area contributed by atoms with Crippen LogP contribution in [0, 0.1) is 0 Å². The van der Waals surface area contributed by atoms with E-state index in [0.29, 0.717) is 28.0 Å². The quantitative estimate of drug-likeness (QED) is 0.362. The number of aromatic nitrogens is 3. The van der Waals surface area contributed by atoms with Crippen LogP contribution in [0.4, 0.5) is 5.69 Å². The second-order valence-corrected chi connectivity index (χ2v) is 8.12. The maximum atomic E-state index is 12.7. The number of phenols is 1. The molecule has 0 spiro atoms. The number of nitrogens with zero attached hydrogens (tertiary/aromatic N) is 3. The average molecular weight is 461 g/mol. The van der Waals surface area contributed by atoms with Gasteiger partial charge in [0.25, 0.3) is 0 Å². The zero-order valence-corrected chi connectivity index (χ0v) is 19.2. The number of rotatable bonds is 8. The molecule has 0 fully saturated rings. The molecule has 7 nitrogen and oxygen atoms in total. The van der Waals surface area contributed by atoms with Gasteiger partial charge in [-0.05, 0) is 42.3 Å². The first-order valence-electron chi connectivity index (χ1n) is 10.5. The number of phenolic OH excluding ortho intramolecular Hbond substituents is 1. The molecular weight excluding hydrogens is 436 g/mol. The van der Waals surface area contributed by atoms with Crippen LogP contribution >= 0.6 is 11.8 Å². The summed E-state index contributed by atoms with van der Waals surface area (Å²) in [5.74, 6) is 1.17. The van der Waals surface area contributed by atoms with E-state index in [1.54, 1.807) is 29.9 Å². The van der Waals surface area contributed by atoms with Gasteiger partial charge >= 0.3 is 0 Å². The number of amides is 1. The highest BCUT2D eigenvalue weighted by Gasteiger charge is 2.21. The fourth-order valence-corrected chi connectivity index (χ4v) is 4.24. The molecule has 8 heteroatoms. The topological polar surface area (TPSA) is 89.3 Å². The van der Waals surface area contributed by atoms with Crippen LogP contribution in [0.3, 0.4) is 0 Å². The lowest BCUT2D eigenvalue weighted by molar-refractivity contribution is -0.113. The summed E-state index contributed by atoms with van der Waals surface area (Å²) in [6, 6.07) is 22.2. The molecule has 0 saturated heterocycles. The van der Waals surface area contributed by atoms with Crippen LogP contribution in [0.25, 0.3) is 17.1 Å². The predicted molar refractivity (Wildman–Crippen MR) is 130 cm³/mol. The fourth-order valence-electron chi connectivity index (χ4n) is 3.50. The molecule has 168 valence electrons. The molecule has 0 aliphatic rings. The van der Waals surface area contributed by atoms with Gasteiger partial charge in [0.15, 0.2) is 11.0 Å². The number of benzene rings is 3. The number of methoxy groups -OCH3 is 1. The summed E-state index contributed by atoms with van der Waals surface area (Å²) in [6.07, 6.45) is 0.829. The first-order chi connectivity index (χ1) is 16.1. The second kappa shape index (κ2) is 10.2. The van der Waals surface area contributed by atoms with Gasteiger partial charge in [0.1, 0.15) is 11.5 Å². The number of thioether (sulfide) groups is 1. The first kappa shape index (κ1) is 22.4. The molecule has 1 aromatic heterocycles. The van der Waals surface area contributed by atoms with Crippen molar-refractivity contribution in [1.82, 2.24) is 14.8 Å². The minimum absolute atomic E-state index is 0.0894. The van der Waals surface area contributed by atoms with Crippen molar-refractivity contribution in [2.45, 2.75) is 18.5 Å². The SMILES string of the molecule is CCc1ccccc1NC(=O)CSc1nnc(-c2ccccc2O)n1-c1ccccc1OC. The smallest absolute Gasteiger partial charge is 0.234 e. The maximum Gasteiger partial charge on any atom is 0.234 e. The van der Waals surface area contributed by atoms with Crippen molar-refractivity contribution in [2.24, 2.45) is 0 Å². The molecule has 3 aromatic carbocycles. The van der Waals surface area contributed by atoms with E-state index in [9.17, 15) is 9.90 Å². The second-order valence-electron chi connectivity index (χ2n) is 7.18. The Morgan fingerprint density at radius 3 is 2.55 bits per heavy atom. The monoisotopic (exact) mass is 460 g/mol. The normalized spacial score (nSPS) is 10.7. The summed E-state index contributed by atoms with van der Waals surface area (Å²) < 4.78 is 7.35. The van der Waals surface area contributed by atoms with Gasteiger partial charge < -0.3 is 15.2 Å². The molecule has 0 saturated carbocycles. The Morgan fingerprint density at radius 2 is 1.76 bits per heavy atom. The van der Waals surface area contributed by atoms with Gasteiger partial charge in [-0.25, -0.2) is 0 Å². The average Bonchev–Trinajstić information content (AvgIpc) is 3.26. The van der Waals surface area contributed by atoms with Crippen molar-refractivity contribution in [2.75, 3.05) is 18.2 Å². The zero-order chi connectivity index (χ0) is 23.2. The minimum Gasteiger partial charge on any atom is -0.507 e. The molecule has 1 amide bonds. The Kier molecular flexibility index (Phi) is 6.95. The summed E-state index contributed by atoms with van der Waals surface area (Å²) in [7, 11) is 1.59. The third-order valence-corrected chi connectivity index (χ3v) is 6.04. The summed E-state index contributed by atoms with van der Waals surface area (Å²) in [6.45, 7) is 2.05. The highest BCUT2D eigenvalue weighted by molar-refractivity contribution is 7.99. The Hall–Kier alpha value is -3.78. The molecule has 0 radical (unpaired) electrons. The number of nitrogens with one attached hydrogen (secondary N) is 1. The predicted octanol–water partition coefficient (Wildman–Crippen LogP) is 4.94. The molecule has 0 aliphatic carbocycles. The fraction of sp³-hybridized carbons (Fsp3) is 0.160. The van der Waals surface area contributed by atoms with Crippen molar-refractivity contribution in [3.05, 3.63) is 78.4 Å². The molecule has 0 atom stereocenters. The third-order valence-electron chi connectivity index (χ3n) is 5.11. The minimum atomic E-state index is -0.139. The Labute approximate surface area is 196 Å². The van der Waals surface area contributed by atoms with E-state index >= 15 is 0 Å². The van der Waals surface area contributed by atoms with Crippen LogP contribution < -0.4 is 10.1 Å². The number of hydrogen-bond donors (Lipinski definition) is 2. The van der Waals surface area contributed by atoms with E-state index in [0.717, 1.165) is 17.7 Å². The number of anilines is 1. The van der Waals surface area contributed by atoms with Crippen molar-refractivity contribution >= 4 is 23.4 Å². The van der Waals surface area contributed by atoms with Crippen LogP contribution in [0.15, 0.2) is 78.0 Å². The van der Waals surface area contributed by atoms with Crippen LogP contribution in [0.2, 0.25) is 0 Å². The van der Waals surface area contributed by atoms with Crippen LogP contribution in [-0.4, -0.2) is 38.6 Å². The van der Waals surface area contributed by atoms with E-state index in [4.69, 9.17) is 4.74 Å². The van der Waals surface area contributed by atoms with Gasteiger partial charge in [-0.3, -0.25) is 9.36 Å². The molecule has 4 aromatic rings. The first-order valence-corrected chi connectivity index (χ1v) is 11.5. The van der Waals surface area contributed by atoms with Gasteiger partial charge in [0, 0.05) is 5.69 Å². The van der Waals surface area contributed by atoms with Crippen LogP contribution in [0.5, 0.6) is 11.5 Å². The molecular formula is C25H24N4O3S. The lowest BCUT2D eigenvalue weighted by atomic mass is 10.1. The number of ether oxygens (including phenoxy) is 1. The van der Waals surface area contributed by atoms with Gasteiger partial charge in [-0.2, -0.15) is 0 Å². The van der Waals surface area contributed by atoms with E-state index < -0.39 is 0 Å². The molecule has 33 heavy (non-hydrogen) atoms.